The monoisotopic (exact) mass is 346 g/mol. The zero-order valence-corrected chi connectivity index (χ0v) is 13.4. The van der Waals surface area contributed by atoms with E-state index in [4.69, 9.17) is 5.73 Å². The number of halogens is 2. The fourth-order valence-electron chi connectivity index (χ4n) is 2.63. The minimum atomic E-state index is 0. The van der Waals surface area contributed by atoms with Crippen LogP contribution in [-0.2, 0) is 0 Å². The van der Waals surface area contributed by atoms with Gasteiger partial charge in [-0.1, -0.05) is 22.4 Å². The van der Waals surface area contributed by atoms with E-state index in [-0.39, 0.29) is 24.4 Å². The topological polar surface area (TPSA) is 55.1 Å². The largest absolute Gasteiger partial charge is 0.349 e. The Morgan fingerprint density at radius 2 is 2.16 bits per heavy atom. The quantitative estimate of drug-likeness (QED) is 0.883. The molecule has 0 spiro atoms. The molecule has 1 aromatic rings. The van der Waals surface area contributed by atoms with E-state index in [9.17, 15) is 4.79 Å². The van der Waals surface area contributed by atoms with Crippen molar-refractivity contribution in [2.24, 2.45) is 11.7 Å². The van der Waals surface area contributed by atoms with Crippen molar-refractivity contribution >= 4 is 34.2 Å². The van der Waals surface area contributed by atoms with Gasteiger partial charge >= 0.3 is 0 Å². The Morgan fingerprint density at radius 3 is 2.79 bits per heavy atom. The molecule has 1 saturated carbocycles. The highest BCUT2D eigenvalue weighted by atomic mass is 79.9. The number of aryl methyl sites for hydroxylation is 1. The van der Waals surface area contributed by atoms with Gasteiger partial charge in [-0.05, 0) is 56.0 Å². The van der Waals surface area contributed by atoms with Crippen LogP contribution < -0.4 is 11.1 Å². The predicted molar refractivity (Wildman–Crippen MR) is 83.8 cm³/mol. The van der Waals surface area contributed by atoms with Crippen molar-refractivity contribution in [3.63, 3.8) is 0 Å². The van der Waals surface area contributed by atoms with Gasteiger partial charge in [0.1, 0.15) is 0 Å². The molecule has 2 atom stereocenters. The Labute approximate surface area is 128 Å². The second-order valence-corrected chi connectivity index (χ2v) is 5.94. The van der Waals surface area contributed by atoms with E-state index in [0.717, 1.165) is 29.3 Å². The average Bonchev–Trinajstić information content (AvgIpc) is 2.75. The summed E-state index contributed by atoms with van der Waals surface area (Å²) in [6.07, 6.45) is 3.32. The lowest BCUT2D eigenvalue weighted by atomic mass is 10.0. The minimum Gasteiger partial charge on any atom is -0.349 e. The molecule has 1 fully saturated rings. The molecule has 0 heterocycles. The Morgan fingerprint density at radius 1 is 1.42 bits per heavy atom. The van der Waals surface area contributed by atoms with Crippen LogP contribution in [0.1, 0.15) is 35.2 Å². The molecule has 1 aromatic carbocycles. The highest BCUT2D eigenvalue weighted by molar-refractivity contribution is 9.10. The summed E-state index contributed by atoms with van der Waals surface area (Å²) in [6, 6.07) is 6.00. The molecule has 0 bridgehead atoms. The normalized spacial score (nSPS) is 21.8. The number of carbonyl (C=O) groups excluding carboxylic acids is 1. The third-order valence-electron chi connectivity index (χ3n) is 3.58. The summed E-state index contributed by atoms with van der Waals surface area (Å²) < 4.78 is 0.939. The van der Waals surface area contributed by atoms with Crippen LogP contribution in [0.25, 0.3) is 0 Å². The van der Waals surface area contributed by atoms with Gasteiger partial charge in [0.05, 0.1) is 0 Å². The number of rotatable bonds is 3. The maximum Gasteiger partial charge on any atom is 0.251 e. The van der Waals surface area contributed by atoms with E-state index < -0.39 is 0 Å². The van der Waals surface area contributed by atoms with Gasteiger partial charge in [0.25, 0.3) is 5.91 Å². The van der Waals surface area contributed by atoms with Crippen LogP contribution in [0.4, 0.5) is 0 Å². The smallest absolute Gasteiger partial charge is 0.251 e. The van der Waals surface area contributed by atoms with Gasteiger partial charge < -0.3 is 11.1 Å². The van der Waals surface area contributed by atoms with Crippen molar-refractivity contribution in [3.05, 3.63) is 33.8 Å². The first kappa shape index (κ1) is 16.5. The highest BCUT2D eigenvalue weighted by Crippen LogP contribution is 2.25. The summed E-state index contributed by atoms with van der Waals surface area (Å²) in [7, 11) is 0. The number of hydrogen-bond acceptors (Lipinski definition) is 2. The number of carbonyl (C=O) groups is 1. The lowest BCUT2D eigenvalue weighted by Crippen LogP contribution is -2.39. The van der Waals surface area contributed by atoms with Crippen molar-refractivity contribution in [2.75, 3.05) is 6.54 Å². The molecule has 1 amide bonds. The van der Waals surface area contributed by atoms with Crippen LogP contribution in [0.3, 0.4) is 0 Å². The fraction of sp³-hybridized carbons (Fsp3) is 0.500. The number of benzene rings is 1. The molecule has 2 unspecified atom stereocenters. The van der Waals surface area contributed by atoms with E-state index in [1.807, 2.05) is 25.1 Å². The fourth-order valence-corrected chi connectivity index (χ4v) is 3.24. The molecule has 0 radical (unpaired) electrons. The molecule has 0 aromatic heterocycles. The lowest BCUT2D eigenvalue weighted by molar-refractivity contribution is 0.0928. The molecule has 106 valence electrons. The van der Waals surface area contributed by atoms with Crippen molar-refractivity contribution in [3.8, 4) is 0 Å². The number of amides is 1. The first-order valence-corrected chi connectivity index (χ1v) is 7.17. The van der Waals surface area contributed by atoms with Gasteiger partial charge in [-0.2, -0.15) is 0 Å². The first-order chi connectivity index (χ1) is 8.60. The van der Waals surface area contributed by atoms with Crippen molar-refractivity contribution in [2.45, 2.75) is 32.2 Å². The number of nitrogens with two attached hydrogens (primary N) is 1. The van der Waals surface area contributed by atoms with E-state index in [1.54, 1.807) is 0 Å². The summed E-state index contributed by atoms with van der Waals surface area (Å²) in [6.45, 7) is 2.64. The van der Waals surface area contributed by atoms with E-state index in [1.165, 1.54) is 0 Å². The van der Waals surface area contributed by atoms with E-state index >= 15 is 0 Å². The molecule has 0 saturated heterocycles. The molecular formula is C14H20BrClN2O. The lowest BCUT2D eigenvalue weighted by Gasteiger charge is -2.19. The third kappa shape index (κ3) is 4.20. The Balaban J connectivity index is 0.00000180. The van der Waals surface area contributed by atoms with E-state index in [2.05, 4.69) is 21.2 Å². The molecule has 3 nitrogen and oxygen atoms in total. The Bertz CT molecular complexity index is 433. The van der Waals surface area contributed by atoms with Crippen molar-refractivity contribution < 1.29 is 4.79 Å². The second-order valence-electron chi connectivity index (χ2n) is 5.02. The van der Waals surface area contributed by atoms with Crippen LogP contribution in [0, 0.1) is 12.8 Å². The third-order valence-corrected chi connectivity index (χ3v) is 4.04. The average molecular weight is 348 g/mol. The Hall–Kier alpha value is -0.580. The zero-order valence-electron chi connectivity index (χ0n) is 11.0. The predicted octanol–water partition coefficient (Wildman–Crippen LogP) is 3.04. The van der Waals surface area contributed by atoms with Gasteiger partial charge in [-0.3, -0.25) is 4.79 Å². The van der Waals surface area contributed by atoms with Crippen molar-refractivity contribution in [1.29, 1.82) is 0 Å². The number of nitrogens with one attached hydrogen (secondary N) is 1. The second kappa shape index (κ2) is 7.27. The van der Waals surface area contributed by atoms with Crippen LogP contribution in [-0.4, -0.2) is 18.5 Å². The first-order valence-electron chi connectivity index (χ1n) is 6.38. The van der Waals surface area contributed by atoms with Gasteiger partial charge in [-0.25, -0.2) is 0 Å². The van der Waals surface area contributed by atoms with Crippen molar-refractivity contribution in [1.82, 2.24) is 5.32 Å². The van der Waals surface area contributed by atoms with Crippen LogP contribution in [0.15, 0.2) is 22.7 Å². The summed E-state index contributed by atoms with van der Waals surface area (Å²) in [5.74, 6) is 0.437. The van der Waals surface area contributed by atoms with Gasteiger partial charge in [0, 0.05) is 16.1 Å². The SMILES string of the molecule is Cc1cc(Br)cc(C(=O)NC2CCCC2CN)c1.Cl. The molecule has 2 rings (SSSR count). The summed E-state index contributed by atoms with van der Waals surface area (Å²) in [4.78, 5) is 12.2. The summed E-state index contributed by atoms with van der Waals surface area (Å²) in [5, 5.41) is 3.11. The molecule has 0 aliphatic heterocycles. The standard InChI is InChI=1S/C14H19BrN2O.ClH/c1-9-5-11(7-12(15)6-9)14(18)17-13-4-2-3-10(13)8-16;/h5-7,10,13H,2-4,8,16H2,1H3,(H,17,18);1H. The van der Waals surface area contributed by atoms with Gasteiger partial charge in [0.15, 0.2) is 0 Å². The maximum absolute atomic E-state index is 12.2. The van der Waals surface area contributed by atoms with E-state index in [0.29, 0.717) is 18.0 Å². The van der Waals surface area contributed by atoms with Gasteiger partial charge in [-0.15, -0.1) is 12.4 Å². The highest BCUT2D eigenvalue weighted by Gasteiger charge is 2.27. The maximum atomic E-state index is 12.2. The van der Waals surface area contributed by atoms with Crippen LogP contribution >= 0.6 is 28.3 Å². The molecule has 5 heteroatoms. The molecule has 19 heavy (non-hydrogen) atoms. The Kier molecular flexibility index (Phi) is 6.30. The number of hydrogen-bond donors (Lipinski definition) is 2. The molecule has 1 aliphatic rings. The zero-order chi connectivity index (χ0) is 13.1. The molecule has 3 N–H and O–H groups in total. The summed E-state index contributed by atoms with van der Waals surface area (Å²) in [5.41, 5.74) is 7.52. The summed E-state index contributed by atoms with van der Waals surface area (Å²) >= 11 is 3.42. The van der Waals surface area contributed by atoms with Gasteiger partial charge in [0.2, 0.25) is 0 Å². The van der Waals surface area contributed by atoms with Crippen LogP contribution in [0.5, 0.6) is 0 Å². The molecule has 1 aliphatic carbocycles. The van der Waals surface area contributed by atoms with Crippen LogP contribution in [0.2, 0.25) is 0 Å². The minimum absolute atomic E-state index is 0. The molecular weight excluding hydrogens is 328 g/mol.